The minimum Gasteiger partial charge on any atom is -0.497 e. The van der Waals surface area contributed by atoms with E-state index in [0.29, 0.717) is 13.0 Å². The van der Waals surface area contributed by atoms with Crippen LogP contribution in [0.25, 0.3) is 11.3 Å². The molecule has 3 atom stereocenters. The van der Waals surface area contributed by atoms with Gasteiger partial charge in [0.05, 0.1) is 31.1 Å². The van der Waals surface area contributed by atoms with Crippen LogP contribution < -0.4 is 4.74 Å². The Bertz CT molecular complexity index is 668. The lowest BCUT2D eigenvalue weighted by molar-refractivity contribution is -0.122. The predicted octanol–water partition coefficient (Wildman–Crippen LogP) is 2.36. The number of hydrogen-bond acceptors (Lipinski definition) is 6. The molecule has 3 rings (SSSR count). The molecule has 0 radical (unpaired) electrons. The molecular weight excluding hydrogens is 320 g/mol. The molecule has 6 heteroatoms. The summed E-state index contributed by atoms with van der Waals surface area (Å²) in [6.45, 7) is 0.716. The third-order valence-electron chi connectivity index (χ3n) is 4.50. The zero-order valence-electron chi connectivity index (χ0n) is 15.0. The Hall–Kier alpha value is -1.89. The third-order valence-corrected chi connectivity index (χ3v) is 4.50. The number of aliphatic hydroxyl groups is 1. The zero-order valence-corrected chi connectivity index (χ0v) is 15.0. The van der Waals surface area contributed by atoms with Crippen LogP contribution in [-0.4, -0.2) is 61.2 Å². The molecule has 6 nitrogen and oxygen atoms in total. The summed E-state index contributed by atoms with van der Waals surface area (Å²) in [6, 6.07) is 9.65. The number of ether oxygens (including phenoxy) is 2. The van der Waals surface area contributed by atoms with Gasteiger partial charge in [-0.05, 0) is 51.2 Å². The maximum Gasteiger partial charge on any atom is 0.167 e. The fourth-order valence-corrected chi connectivity index (χ4v) is 3.16. The second-order valence-electron chi connectivity index (χ2n) is 6.82. The number of methoxy groups -OCH3 is 1. The number of nitrogens with zero attached hydrogens (tertiary/aromatic N) is 2. The lowest BCUT2D eigenvalue weighted by Gasteiger charge is -2.35. The van der Waals surface area contributed by atoms with Crippen molar-refractivity contribution >= 4 is 0 Å². The van der Waals surface area contributed by atoms with Crippen LogP contribution in [0.1, 0.15) is 18.5 Å². The van der Waals surface area contributed by atoms with Gasteiger partial charge in [-0.3, -0.25) is 0 Å². The molecule has 1 fully saturated rings. The van der Waals surface area contributed by atoms with E-state index in [-0.39, 0.29) is 12.2 Å². The van der Waals surface area contributed by atoms with E-state index in [1.165, 1.54) is 0 Å². The smallest absolute Gasteiger partial charge is 0.167 e. The van der Waals surface area contributed by atoms with Gasteiger partial charge in [0.2, 0.25) is 0 Å². The Morgan fingerprint density at radius 1 is 1.24 bits per heavy atom. The van der Waals surface area contributed by atoms with Crippen LogP contribution in [0.5, 0.6) is 5.75 Å². The van der Waals surface area contributed by atoms with Crippen LogP contribution in [0.2, 0.25) is 0 Å². The molecule has 0 aliphatic carbocycles. The van der Waals surface area contributed by atoms with Crippen molar-refractivity contribution in [3.05, 3.63) is 36.0 Å². The van der Waals surface area contributed by atoms with Crippen LogP contribution in [0.15, 0.2) is 34.9 Å². The highest BCUT2D eigenvalue weighted by atomic mass is 16.5. The summed E-state index contributed by atoms with van der Waals surface area (Å²) in [5.74, 6) is 1.54. The highest BCUT2D eigenvalue weighted by Gasteiger charge is 2.30. The first-order valence-corrected chi connectivity index (χ1v) is 8.63. The fraction of sp³-hybridized carbons (Fsp3) is 0.526. The van der Waals surface area contributed by atoms with Crippen molar-refractivity contribution in [3.8, 4) is 17.1 Å². The minimum atomic E-state index is -0.397. The molecule has 0 saturated carbocycles. The topological polar surface area (TPSA) is 68.0 Å². The van der Waals surface area contributed by atoms with E-state index in [9.17, 15) is 5.11 Å². The van der Waals surface area contributed by atoms with Crippen molar-refractivity contribution < 1.29 is 19.1 Å². The summed E-state index contributed by atoms with van der Waals surface area (Å²) in [7, 11) is 5.61. The van der Waals surface area contributed by atoms with Gasteiger partial charge in [-0.1, -0.05) is 5.16 Å². The SMILES string of the molecule is COc1ccc(-c2cc(C[C@@H]3CC[C@H](O)[C@@H](CN(C)C)O3)no2)cc1. The molecule has 1 saturated heterocycles. The van der Waals surface area contributed by atoms with Crippen molar-refractivity contribution in [1.29, 1.82) is 0 Å². The van der Waals surface area contributed by atoms with E-state index in [1.54, 1.807) is 7.11 Å². The van der Waals surface area contributed by atoms with Gasteiger partial charge in [0, 0.05) is 24.6 Å². The monoisotopic (exact) mass is 346 g/mol. The average Bonchev–Trinajstić information content (AvgIpc) is 3.06. The van der Waals surface area contributed by atoms with Crippen molar-refractivity contribution in [2.24, 2.45) is 0 Å². The van der Waals surface area contributed by atoms with Gasteiger partial charge in [0.1, 0.15) is 5.75 Å². The molecule has 2 heterocycles. The Labute approximate surface area is 148 Å². The molecule has 2 aromatic rings. The Kier molecular flexibility index (Phi) is 5.73. The Morgan fingerprint density at radius 3 is 2.68 bits per heavy atom. The second kappa shape index (κ2) is 7.99. The fourth-order valence-electron chi connectivity index (χ4n) is 3.16. The van der Waals surface area contributed by atoms with E-state index < -0.39 is 6.10 Å². The highest BCUT2D eigenvalue weighted by molar-refractivity contribution is 5.58. The molecule has 0 spiro atoms. The summed E-state index contributed by atoms with van der Waals surface area (Å²) in [5, 5.41) is 14.3. The molecule has 0 amide bonds. The van der Waals surface area contributed by atoms with Crippen molar-refractivity contribution in [2.75, 3.05) is 27.7 Å². The molecule has 1 N–H and O–H groups in total. The van der Waals surface area contributed by atoms with Gasteiger partial charge < -0.3 is 24.0 Å². The normalized spacial score (nSPS) is 23.8. The predicted molar refractivity (Wildman–Crippen MR) is 94.7 cm³/mol. The average molecular weight is 346 g/mol. The van der Waals surface area contributed by atoms with E-state index in [2.05, 4.69) is 5.16 Å². The van der Waals surface area contributed by atoms with Crippen molar-refractivity contribution in [3.63, 3.8) is 0 Å². The summed E-state index contributed by atoms with van der Waals surface area (Å²) in [4.78, 5) is 2.04. The number of rotatable bonds is 6. The quantitative estimate of drug-likeness (QED) is 0.866. The molecule has 1 aliphatic heterocycles. The van der Waals surface area contributed by atoms with Gasteiger partial charge in [-0.2, -0.15) is 0 Å². The van der Waals surface area contributed by atoms with Crippen molar-refractivity contribution in [1.82, 2.24) is 10.1 Å². The largest absolute Gasteiger partial charge is 0.497 e. The molecule has 1 aliphatic rings. The zero-order chi connectivity index (χ0) is 17.8. The van der Waals surface area contributed by atoms with Gasteiger partial charge in [-0.15, -0.1) is 0 Å². The first-order chi connectivity index (χ1) is 12.0. The minimum absolute atomic E-state index is 0.0576. The lowest BCUT2D eigenvalue weighted by Crippen LogP contribution is -2.45. The standard InChI is InChI=1S/C19H26N2O4/c1-21(2)12-19-17(22)9-8-16(24-19)10-14-11-18(25-20-14)13-4-6-15(23-3)7-5-13/h4-7,11,16-17,19,22H,8-10,12H2,1-3H3/t16-,17-,19+/m0/s1. The summed E-state index contributed by atoms with van der Waals surface area (Å²) >= 11 is 0. The first-order valence-electron chi connectivity index (χ1n) is 8.63. The second-order valence-corrected chi connectivity index (χ2v) is 6.82. The molecule has 136 valence electrons. The number of hydrogen-bond donors (Lipinski definition) is 1. The lowest BCUT2D eigenvalue weighted by atomic mass is 9.98. The van der Waals surface area contributed by atoms with Crippen LogP contribution >= 0.6 is 0 Å². The summed E-state index contributed by atoms with van der Waals surface area (Å²) in [5.41, 5.74) is 1.83. The van der Waals surface area contributed by atoms with Gasteiger partial charge >= 0.3 is 0 Å². The van der Waals surface area contributed by atoms with Crippen LogP contribution in [-0.2, 0) is 11.2 Å². The van der Waals surface area contributed by atoms with Crippen LogP contribution in [0, 0.1) is 0 Å². The number of aromatic nitrogens is 1. The number of benzene rings is 1. The van der Waals surface area contributed by atoms with Gasteiger partial charge in [-0.25, -0.2) is 0 Å². The summed E-state index contributed by atoms with van der Waals surface area (Å²) in [6.07, 6.45) is 1.79. The molecule has 0 bridgehead atoms. The number of likely N-dealkylation sites (N-methyl/N-ethyl adjacent to an activating group) is 1. The van der Waals surface area contributed by atoms with Crippen LogP contribution in [0.3, 0.4) is 0 Å². The Balaban J connectivity index is 1.62. The molecular formula is C19H26N2O4. The first kappa shape index (κ1) is 17.9. The molecule has 25 heavy (non-hydrogen) atoms. The van der Waals surface area contributed by atoms with Gasteiger partial charge in [0.15, 0.2) is 5.76 Å². The molecule has 1 aromatic carbocycles. The van der Waals surface area contributed by atoms with E-state index in [0.717, 1.165) is 35.6 Å². The molecule has 0 unspecified atom stereocenters. The molecule has 1 aromatic heterocycles. The van der Waals surface area contributed by atoms with Gasteiger partial charge in [0.25, 0.3) is 0 Å². The van der Waals surface area contributed by atoms with E-state index >= 15 is 0 Å². The Morgan fingerprint density at radius 2 is 2.00 bits per heavy atom. The van der Waals surface area contributed by atoms with Crippen LogP contribution in [0.4, 0.5) is 0 Å². The van der Waals surface area contributed by atoms with E-state index in [4.69, 9.17) is 14.0 Å². The number of aliphatic hydroxyl groups excluding tert-OH is 1. The third kappa shape index (κ3) is 4.60. The highest BCUT2D eigenvalue weighted by Crippen LogP contribution is 2.26. The van der Waals surface area contributed by atoms with E-state index in [1.807, 2.05) is 49.3 Å². The maximum atomic E-state index is 10.1. The maximum absolute atomic E-state index is 10.1. The van der Waals surface area contributed by atoms with Crippen molar-refractivity contribution in [2.45, 2.75) is 37.6 Å². The summed E-state index contributed by atoms with van der Waals surface area (Å²) < 4.78 is 16.7.